The van der Waals surface area contributed by atoms with Crippen molar-refractivity contribution in [2.75, 3.05) is 11.6 Å². The van der Waals surface area contributed by atoms with E-state index in [1.807, 2.05) is 71.5 Å². The zero-order valence-electron chi connectivity index (χ0n) is 20.9. The molecule has 1 aromatic heterocycles. The molecule has 3 aromatic carbocycles. The van der Waals surface area contributed by atoms with Crippen LogP contribution in [-0.4, -0.2) is 34.6 Å². The smallest absolute Gasteiger partial charge is 0.230 e. The lowest BCUT2D eigenvalue weighted by Crippen LogP contribution is -2.33. The van der Waals surface area contributed by atoms with Crippen LogP contribution in [0.15, 0.2) is 101 Å². The van der Waals surface area contributed by atoms with E-state index in [9.17, 15) is 14.4 Å². The van der Waals surface area contributed by atoms with Crippen LogP contribution in [0.25, 0.3) is 11.8 Å². The minimum atomic E-state index is -0.335. The maximum atomic E-state index is 13.8. The summed E-state index contributed by atoms with van der Waals surface area (Å²) in [5, 5.41) is 3.78. The lowest BCUT2D eigenvalue weighted by molar-refractivity contribution is -0.108. The zero-order chi connectivity index (χ0) is 26.7. The van der Waals surface area contributed by atoms with E-state index in [-0.39, 0.29) is 28.7 Å². The number of carbonyl (C=O) groups excluding carboxylic acids is 3. The molecule has 0 amide bonds. The fourth-order valence-electron chi connectivity index (χ4n) is 5.43. The maximum absolute atomic E-state index is 13.8. The molecule has 0 bridgehead atoms. The minimum absolute atomic E-state index is 0.0148. The number of aliphatic imine (C=N–C) groups is 1. The molecular formula is C32H21N3O4. The van der Waals surface area contributed by atoms with Gasteiger partial charge in [-0.05, 0) is 30.7 Å². The standard InChI is InChI=1S/C32H21N3O4/c1-2-34-24(18-33-28-21-13-7-6-10-19(21)16-17-25(28)36)26-27-29(37)22-14-8-9-15-23(22)30(38)31(27)39-32(26)35(34)20-11-4-3-5-12-20/h3-18H,2H2,1H3. The molecule has 0 radical (unpaired) electrons. The molecule has 0 spiro atoms. The number of benzene rings is 3. The summed E-state index contributed by atoms with van der Waals surface area (Å²) in [6.45, 7) is 2.48. The number of nitrogens with zero attached hydrogens (tertiary/aromatic N) is 3. The molecule has 0 N–H and O–H groups in total. The van der Waals surface area contributed by atoms with E-state index in [4.69, 9.17) is 4.42 Å². The predicted molar refractivity (Wildman–Crippen MR) is 148 cm³/mol. The minimum Gasteiger partial charge on any atom is -0.433 e. The summed E-state index contributed by atoms with van der Waals surface area (Å²) < 4.78 is 6.23. The predicted octanol–water partition coefficient (Wildman–Crippen LogP) is 5.83. The van der Waals surface area contributed by atoms with Crippen molar-refractivity contribution in [1.82, 2.24) is 5.01 Å². The lowest BCUT2D eigenvalue weighted by atomic mass is 9.86. The molecule has 1 aliphatic heterocycles. The van der Waals surface area contributed by atoms with Crippen LogP contribution in [0, 0.1) is 0 Å². The van der Waals surface area contributed by atoms with Gasteiger partial charge >= 0.3 is 0 Å². The molecule has 7 rings (SSSR count). The molecule has 0 saturated heterocycles. The molecule has 7 heteroatoms. The average Bonchev–Trinajstić information content (AvgIpc) is 3.50. The molecule has 2 heterocycles. The number of fused-ring (bicyclic) bond motifs is 5. The highest BCUT2D eigenvalue weighted by atomic mass is 16.4. The molecule has 0 atom stereocenters. The van der Waals surface area contributed by atoms with Crippen LogP contribution in [0.1, 0.15) is 55.7 Å². The van der Waals surface area contributed by atoms with Crippen LogP contribution in [-0.2, 0) is 4.79 Å². The highest BCUT2D eigenvalue weighted by Gasteiger charge is 2.45. The lowest BCUT2D eigenvalue weighted by Gasteiger charge is -2.30. The summed E-state index contributed by atoms with van der Waals surface area (Å²) in [5.74, 6) is -0.444. The SMILES string of the molecule is CCN1C(=CN=C2C(=O)C=Cc3ccccc32)c2c(oc3c2C(=O)c2ccccc2C3=O)N1c1ccccc1. The highest BCUT2D eigenvalue weighted by Crippen LogP contribution is 2.50. The number of allylic oxidation sites excluding steroid dienone is 1. The van der Waals surface area contributed by atoms with Gasteiger partial charge in [-0.25, -0.2) is 10.0 Å². The second-order valence-electron chi connectivity index (χ2n) is 9.33. The number of furan rings is 1. The van der Waals surface area contributed by atoms with Crippen LogP contribution in [0.2, 0.25) is 0 Å². The van der Waals surface area contributed by atoms with E-state index >= 15 is 0 Å². The number of carbonyl (C=O) groups is 3. The number of hydrogen-bond acceptors (Lipinski definition) is 7. The largest absolute Gasteiger partial charge is 0.433 e. The summed E-state index contributed by atoms with van der Waals surface area (Å²) in [7, 11) is 0. The van der Waals surface area contributed by atoms with E-state index in [2.05, 4.69) is 4.99 Å². The Balaban J connectivity index is 1.47. The van der Waals surface area contributed by atoms with Crippen molar-refractivity contribution in [3.8, 4) is 0 Å². The third-order valence-electron chi connectivity index (χ3n) is 7.19. The summed E-state index contributed by atoms with van der Waals surface area (Å²) >= 11 is 0. The second kappa shape index (κ2) is 8.63. The van der Waals surface area contributed by atoms with Crippen molar-refractivity contribution in [3.05, 3.63) is 130 Å². The van der Waals surface area contributed by atoms with Crippen LogP contribution >= 0.6 is 0 Å². The number of ketones is 3. The molecule has 0 unspecified atom stereocenters. The Morgan fingerprint density at radius 3 is 2.18 bits per heavy atom. The van der Waals surface area contributed by atoms with Crippen molar-refractivity contribution in [1.29, 1.82) is 0 Å². The van der Waals surface area contributed by atoms with Gasteiger partial charge in [-0.1, -0.05) is 72.8 Å². The first-order chi connectivity index (χ1) is 19.1. The van der Waals surface area contributed by atoms with Crippen molar-refractivity contribution >= 4 is 46.4 Å². The number of anilines is 2. The number of para-hydroxylation sites is 1. The molecule has 0 saturated carbocycles. The van der Waals surface area contributed by atoms with Gasteiger partial charge in [0, 0.05) is 23.2 Å². The molecule has 188 valence electrons. The average molecular weight is 512 g/mol. The number of hydrazine groups is 1. The Hall–Kier alpha value is -5.30. The van der Waals surface area contributed by atoms with Crippen LogP contribution < -0.4 is 5.01 Å². The van der Waals surface area contributed by atoms with Crippen molar-refractivity contribution in [2.24, 2.45) is 4.99 Å². The van der Waals surface area contributed by atoms with Crippen LogP contribution in [0.3, 0.4) is 0 Å². The van der Waals surface area contributed by atoms with Crippen molar-refractivity contribution in [3.63, 3.8) is 0 Å². The normalized spacial score (nSPS) is 17.5. The van der Waals surface area contributed by atoms with Gasteiger partial charge < -0.3 is 4.42 Å². The molecular weight excluding hydrogens is 490 g/mol. The van der Waals surface area contributed by atoms with E-state index < -0.39 is 0 Å². The molecule has 3 aliphatic rings. The zero-order valence-corrected chi connectivity index (χ0v) is 20.9. The summed E-state index contributed by atoms with van der Waals surface area (Å²) in [6.07, 6.45) is 4.89. The van der Waals surface area contributed by atoms with E-state index in [0.29, 0.717) is 40.5 Å². The highest BCUT2D eigenvalue weighted by molar-refractivity contribution is 6.52. The van der Waals surface area contributed by atoms with Gasteiger partial charge in [-0.2, -0.15) is 0 Å². The fourth-order valence-corrected chi connectivity index (χ4v) is 5.43. The van der Waals surface area contributed by atoms with Gasteiger partial charge in [0.25, 0.3) is 0 Å². The first-order valence-electron chi connectivity index (χ1n) is 12.7. The third kappa shape index (κ3) is 3.30. The van der Waals surface area contributed by atoms with Gasteiger partial charge in [-0.15, -0.1) is 0 Å². The van der Waals surface area contributed by atoms with Gasteiger partial charge in [0.2, 0.25) is 17.5 Å². The van der Waals surface area contributed by atoms with Gasteiger partial charge in [0.15, 0.2) is 11.5 Å². The van der Waals surface area contributed by atoms with Gasteiger partial charge in [-0.3, -0.25) is 19.4 Å². The molecule has 0 fully saturated rings. The monoisotopic (exact) mass is 511 g/mol. The third-order valence-corrected chi connectivity index (χ3v) is 7.19. The Morgan fingerprint density at radius 2 is 1.44 bits per heavy atom. The first kappa shape index (κ1) is 22.9. The Morgan fingerprint density at radius 1 is 0.769 bits per heavy atom. The quantitative estimate of drug-likeness (QED) is 0.303. The molecule has 2 aliphatic carbocycles. The fraction of sp³-hybridized carbons (Fsp3) is 0.0625. The Kier molecular flexibility index (Phi) is 5.06. The topological polar surface area (TPSA) is 83.2 Å². The summed E-state index contributed by atoms with van der Waals surface area (Å²) in [6, 6.07) is 23.9. The second-order valence-corrected chi connectivity index (χ2v) is 9.33. The molecule has 4 aromatic rings. The summed E-state index contributed by atoms with van der Waals surface area (Å²) in [4.78, 5) is 44.8. The van der Waals surface area contributed by atoms with Gasteiger partial charge in [0.1, 0.15) is 5.71 Å². The maximum Gasteiger partial charge on any atom is 0.230 e. The van der Waals surface area contributed by atoms with Crippen LogP contribution in [0.5, 0.6) is 0 Å². The first-order valence-corrected chi connectivity index (χ1v) is 12.7. The van der Waals surface area contributed by atoms with E-state index in [1.165, 1.54) is 6.08 Å². The van der Waals surface area contributed by atoms with Crippen molar-refractivity contribution in [2.45, 2.75) is 6.92 Å². The van der Waals surface area contributed by atoms with E-state index in [0.717, 1.165) is 16.8 Å². The Labute approximate surface area is 224 Å². The van der Waals surface area contributed by atoms with Gasteiger partial charge in [0.05, 0.1) is 28.7 Å². The Bertz CT molecular complexity index is 1810. The number of hydrogen-bond donors (Lipinski definition) is 0. The molecule has 7 nitrogen and oxygen atoms in total. The summed E-state index contributed by atoms with van der Waals surface area (Å²) in [5.41, 5.74) is 4.66. The van der Waals surface area contributed by atoms with Crippen LogP contribution in [0.4, 0.5) is 11.6 Å². The number of rotatable bonds is 3. The van der Waals surface area contributed by atoms with E-state index in [1.54, 1.807) is 36.5 Å². The van der Waals surface area contributed by atoms with Crippen molar-refractivity contribution < 1.29 is 18.8 Å². The molecule has 39 heavy (non-hydrogen) atoms.